The lowest BCUT2D eigenvalue weighted by atomic mass is 10.1. The molecule has 2 aromatic carbocycles. The number of H-pyrrole nitrogens is 1. The predicted molar refractivity (Wildman–Crippen MR) is 125 cm³/mol. The molecule has 3 N–H and O–H groups in total. The molecule has 4 aromatic rings. The number of aromatic amines is 1. The summed E-state index contributed by atoms with van der Waals surface area (Å²) < 4.78 is 5.33. The van der Waals surface area contributed by atoms with E-state index in [1.54, 1.807) is 7.11 Å². The molecule has 1 saturated heterocycles. The van der Waals surface area contributed by atoms with Crippen molar-refractivity contribution in [1.29, 1.82) is 0 Å². The molecule has 1 aliphatic rings. The second kappa shape index (κ2) is 8.80. The Kier molecular flexibility index (Phi) is 5.55. The summed E-state index contributed by atoms with van der Waals surface area (Å²) in [6.45, 7) is 6.17. The van der Waals surface area contributed by atoms with Crippen molar-refractivity contribution < 1.29 is 4.74 Å². The lowest BCUT2D eigenvalue weighted by Crippen LogP contribution is -2.44. The maximum absolute atomic E-state index is 5.33. The van der Waals surface area contributed by atoms with Crippen LogP contribution in [0, 0.1) is 6.92 Å². The molecule has 2 aromatic heterocycles. The average Bonchev–Trinajstić information content (AvgIpc) is 3.23. The third-order valence-corrected chi connectivity index (χ3v) is 5.68. The van der Waals surface area contributed by atoms with Crippen LogP contribution in [0.2, 0.25) is 0 Å². The zero-order valence-electron chi connectivity index (χ0n) is 18.2. The zero-order chi connectivity index (χ0) is 21.9. The number of nitrogens with one attached hydrogen (secondary N) is 3. The molecule has 0 bridgehead atoms. The summed E-state index contributed by atoms with van der Waals surface area (Å²) in [5, 5.41) is 24.2. The number of anilines is 2. The second-order valence-corrected chi connectivity index (χ2v) is 7.83. The molecule has 0 unspecified atom stereocenters. The van der Waals surface area contributed by atoms with Crippen molar-refractivity contribution >= 4 is 22.5 Å². The summed E-state index contributed by atoms with van der Waals surface area (Å²) in [7, 11) is 1.67. The predicted octanol–water partition coefficient (Wildman–Crippen LogP) is 2.75. The Balaban J connectivity index is 1.47. The van der Waals surface area contributed by atoms with Gasteiger partial charge in [-0.1, -0.05) is 12.1 Å². The smallest absolute Gasteiger partial charge is 0.192 e. The van der Waals surface area contributed by atoms with Crippen LogP contribution in [0.1, 0.15) is 11.3 Å². The molecule has 1 fully saturated rings. The number of piperazine rings is 1. The third-order valence-electron chi connectivity index (χ3n) is 5.68. The molecule has 0 aliphatic carbocycles. The van der Waals surface area contributed by atoms with E-state index < -0.39 is 0 Å². The second-order valence-electron chi connectivity index (χ2n) is 7.83. The summed E-state index contributed by atoms with van der Waals surface area (Å²) in [6.07, 6.45) is 0. The minimum Gasteiger partial charge on any atom is -0.497 e. The van der Waals surface area contributed by atoms with Crippen LogP contribution in [0.4, 0.5) is 11.6 Å². The van der Waals surface area contributed by atoms with Crippen molar-refractivity contribution in [2.45, 2.75) is 13.5 Å². The highest BCUT2D eigenvalue weighted by Crippen LogP contribution is 2.27. The lowest BCUT2D eigenvalue weighted by molar-refractivity contribution is 0.414. The summed E-state index contributed by atoms with van der Waals surface area (Å²) in [4.78, 5) is 7.19. The molecule has 9 heteroatoms. The fourth-order valence-corrected chi connectivity index (χ4v) is 3.90. The normalized spacial score (nSPS) is 14.0. The van der Waals surface area contributed by atoms with Gasteiger partial charge in [-0.25, -0.2) is 4.98 Å². The molecule has 0 amide bonds. The Labute approximate surface area is 186 Å². The first-order valence-electron chi connectivity index (χ1n) is 10.7. The van der Waals surface area contributed by atoms with E-state index in [2.05, 4.69) is 48.1 Å². The quantitative estimate of drug-likeness (QED) is 0.429. The monoisotopic (exact) mass is 430 g/mol. The maximum Gasteiger partial charge on any atom is 0.192 e. The van der Waals surface area contributed by atoms with Gasteiger partial charge in [0.05, 0.1) is 12.6 Å². The number of hydrogen-bond acceptors (Lipinski definition) is 8. The zero-order valence-corrected chi connectivity index (χ0v) is 18.2. The van der Waals surface area contributed by atoms with Crippen LogP contribution in [0.3, 0.4) is 0 Å². The lowest BCUT2D eigenvalue weighted by Gasteiger charge is -2.29. The number of rotatable bonds is 6. The number of fused-ring (bicyclic) bond motifs is 1. The van der Waals surface area contributed by atoms with E-state index in [1.165, 1.54) is 0 Å². The van der Waals surface area contributed by atoms with Gasteiger partial charge in [-0.3, -0.25) is 5.10 Å². The molecular formula is C23H26N8O. The largest absolute Gasteiger partial charge is 0.497 e. The molecule has 1 aliphatic heterocycles. The molecule has 0 spiro atoms. The van der Waals surface area contributed by atoms with Crippen molar-refractivity contribution in [3.8, 4) is 17.1 Å². The number of aryl methyl sites for hydroxylation is 1. The summed E-state index contributed by atoms with van der Waals surface area (Å²) >= 11 is 0. The highest BCUT2D eigenvalue weighted by molar-refractivity contribution is 5.85. The first-order chi connectivity index (χ1) is 15.7. The van der Waals surface area contributed by atoms with Crippen molar-refractivity contribution in [1.82, 2.24) is 30.7 Å². The van der Waals surface area contributed by atoms with Crippen molar-refractivity contribution in [3.05, 3.63) is 53.7 Å². The first kappa shape index (κ1) is 20.2. The summed E-state index contributed by atoms with van der Waals surface area (Å²) in [5.41, 5.74) is 3.97. The van der Waals surface area contributed by atoms with Crippen molar-refractivity contribution in [2.24, 2.45) is 0 Å². The van der Waals surface area contributed by atoms with Crippen LogP contribution in [0.5, 0.6) is 5.75 Å². The first-order valence-corrected chi connectivity index (χ1v) is 10.7. The Hall–Kier alpha value is -3.72. The third kappa shape index (κ3) is 4.06. The van der Waals surface area contributed by atoms with Crippen LogP contribution < -0.4 is 20.3 Å². The average molecular weight is 431 g/mol. The van der Waals surface area contributed by atoms with Gasteiger partial charge in [-0.15, -0.1) is 10.2 Å². The van der Waals surface area contributed by atoms with E-state index in [4.69, 9.17) is 9.72 Å². The molecular weight excluding hydrogens is 404 g/mol. The minimum atomic E-state index is 0.603. The molecule has 0 saturated carbocycles. The van der Waals surface area contributed by atoms with Crippen molar-refractivity contribution in [2.75, 3.05) is 43.5 Å². The van der Waals surface area contributed by atoms with Gasteiger partial charge in [0.15, 0.2) is 17.5 Å². The molecule has 9 nitrogen and oxygen atoms in total. The van der Waals surface area contributed by atoms with Gasteiger partial charge in [0.25, 0.3) is 0 Å². The van der Waals surface area contributed by atoms with Crippen LogP contribution in [-0.4, -0.2) is 58.7 Å². The van der Waals surface area contributed by atoms with E-state index in [9.17, 15) is 0 Å². The van der Waals surface area contributed by atoms with Crippen LogP contribution in [0.25, 0.3) is 22.3 Å². The SMILES string of the molecule is COc1cccc(CNc2nnc(-c3ccc4n[nH]c(C)c4c3)nc2N2CCNCC2)c1. The Bertz CT molecular complexity index is 1230. The topological polar surface area (TPSA) is 104 Å². The fourth-order valence-electron chi connectivity index (χ4n) is 3.90. The van der Waals surface area contributed by atoms with Gasteiger partial charge in [0.1, 0.15) is 5.75 Å². The molecule has 0 radical (unpaired) electrons. The van der Waals surface area contributed by atoms with Gasteiger partial charge in [-0.05, 0) is 42.8 Å². The number of benzene rings is 2. The van der Waals surface area contributed by atoms with Crippen molar-refractivity contribution in [3.63, 3.8) is 0 Å². The Morgan fingerprint density at radius 2 is 1.97 bits per heavy atom. The number of methoxy groups -OCH3 is 1. The maximum atomic E-state index is 5.33. The molecule has 164 valence electrons. The number of nitrogens with zero attached hydrogens (tertiary/aromatic N) is 5. The number of hydrogen-bond donors (Lipinski definition) is 3. The highest BCUT2D eigenvalue weighted by atomic mass is 16.5. The van der Waals surface area contributed by atoms with E-state index >= 15 is 0 Å². The van der Waals surface area contributed by atoms with E-state index in [0.29, 0.717) is 18.2 Å². The Morgan fingerprint density at radius 1 is 1.09 bits per heavy atom. The highest BCUT2D eigenvalue weighted by Gasteiger charge is 2.19. The van der Waals surface area contributed by atoms with E-state index in [0.717, 1.165) is 65.5 Å². The molecule has 3 heterocycles. The van der Waals surface area contributed by atoms with E-state index in [1.807, 2.05) is 37.3 Å². The van der Waals surface area contributed by atoms with Gasteiger partial charge >= 0.3 is 0 Å². The molecule has 5 rings (SSSR count). The minimum absolute atomic E-state index is 0.603. The van der Waals surface area contributed by atoms with Gasteiger partial charge < -0.3 is 20.3 Å². The number of aromatic nitrogens is 5. The Morgan fingerprint density at radius 3 is 2.81 bits per heavy atom. The standard InChI is InChI=1S/C23H26N8O/c1-15-19-13-17(6-7-20(19)28-27-15)21-26-23(31-10-8-24-9-11-31)22(30-29-21)25-14-16-4-3-5-18(12-16)32-2/h3-7,12-13,24H,8-11,14H2,1-2H3,(H,25,30)(H,27,28). The van der Waals surface area contributed by atoms with Crippen LogP contribution in [0.15, 0.2) is 42.5 Å². The fraction of sp³-hybridized carbons (Fsp3) is 0.304. The summed E-state index contributed by atoms with van der Waals surface area (Å²) in [6, 6.07) is 14.0. The van der Waals surface area contributed by atoms with Gasteiger partial charge in [-0.2, -0.15) is 5.10 Å². The molecule has 32 heavy (non-hydrogen) atoms. The van der Waals surface area contributed by atoms with E-state index in [-0.39, 0.29) is 0 Å². The van der Waals surface area contributed by atoms with Gasteiger partial charge in [0, 0.05) is 49.4 Å². The van der Waals surface area contributed by atoms with Crippen LogP contribution in [-0.2, 0) is 6.54 Å². The van der Waals surface area contributed by atoms with Crippen LogP contribution >= 0.6 is 0 Å². The molecule has 0 atom stereocenters. The number of ether oxygens (including phenoxy) is 1. The van der Waals surface area contributed by atoms with Gasteiger partial charge in [0.2, 0.25) is 0 Å². The summed E-state index contributed by atoms with van der Waals surface area (Å²) in [5.74, 6) is 2.94.